The molecule has 0 atom stereocenters. The minimum Gasteiger partial charge on any atom is -0.477 e. The van der Waals surface area contributed by atoms with Crippen molar-refractivity contribution in [1.82, 2.24) is 9.78 Å². The fraction of sp³-hybridized carbons (Fsp3) is 0.600. The summed E-state index contributed by atoms with van der Waals surface area (Å²) in [7, 11) is 0. The lowest BCUT2D eigenvalue weighted by Gasteiger charge is -2.07. The Morgan fingerprint density at radius 1 is 1.64 bits per heavy atom. The Bertz CT molecular complexity index is 329. The van der Waals surface area contributed by atoms with Gasteiger partial charge in [-0.05, 0) is 26.3 Å². The predicted molar refractivity (Wildman–Crippen MR) is 53.6 cm³/mol. The van der Waals surface area contributed by atoms with Crippen LogP contribution in [0.25, 0.3) is 0 Å². The molecule has 0 aliphatic carbocycles. The summed E-state index contributed by atoms with van der Waals surface area (Å²) >= 11 is 0. The normalized spacial score (nSPS) is 10.9. The topological polar surface area (TPSA) is 55.1 Å². The summed E-state index contributed by atoms with van der Waals surface area (Å²) in [5.41, 5.74) is 1.14. The molecule has 0 saturated heterocycles. The van der Waals surface area contributed by atoms with Crippen molar-refractivity contribution in [3.63, 3.8) is 0 Å². The quantitative estimate of drug-likeness (QED) is 0.802. The van der Waals surface area contributed by atoms with Crippen molar-refractivity contribution in [3.8, 4) is 0 Å². The Hall–Kier alpha value is -1.32. The number of hydrogen-bond acceptors (Lipinski definition) is 2. The molecule has 0 amide bonds. The first-order chi connectivity index (χ1) is 6.56. The standard InChI is InChI=1S/C10H16N2O2/c1-4-5-8-6-9(10(13)14)12(11-8)7(2)3/h6-7H,4-5H2,1-3H3,(H,13,14). The maximum absolute atomic E-state index is 10.9. The molecule has 0 bridgehead atoms. The van der Waals surface area contributed by atoms with Gasteiger partial charge in [0, 0.05) is 6.04 Å². The van der Waals surface area contributed by atoms with Gasteiger partial charge in [-0.25, -0.2) is 4.79 Å². The lowest BCUT2D eigenvalue weighted by molar-refractivity contribution is 0.0681. The smallest absolute Gasteiger partial charge is 0.354 e. The first-order valence-electron chi connectivity index (χ1n) is 4.88. The molecule has 0 radical (unpaired) electrons. The molecule has 0 unspecified atom stereocenters. The number of nitrogens with zero attached hydrogens (tertiary/aromatic N) is 2. The van der Waals surface area contributed by atoms with Crippen LogP contribution in [-0.2, 0) is 6.42 Å². The van der Waals surface area contributed by atoms with Crippen molar-refractivity contribution in [2.24, 2.45) is 0 Å². The van der Waals surface area contributed by atoms with Crippen LogP contribution in [0.3, 0.4) is 0 Å². The summed E-state index contributed by atoms with van der Waals surface area (Å²) in [6.07, 6.45) is 1.81. The minimum atomic E-state index is -0.909. The number of hydrogen-bond donors (Lipinski definition) is 1. The maximum Gasteiger partial charge on any atom is 0.354 e. The molecule has 4 heteroatoms. The van der Waals surface area contributed by atoms with Crippen LogP contribution in [0.1, 0.15) is 49.4 Å². The summed E-state index contributed by atoms with van der Waals surface area (Å²) in [6.45, 7) is 5.90. The van der Waals surface area contributed by atoms with Crippen molar-refractivity contribution in [3.05, 3.63) is 17.5 Å². The van der Waals surface area contributed by atoms with Gasteiger partial charge >= 0.3 is 5.97 Å². The first-order valence-corrected chi connectivity index (χ1v) is 4.88. The molecular weight excluding hydrogens is 180 g/mol. The van der Waals surface area contributed by atoms with Gasteiger partial charge < -0.3 is 5.11 Å². The van der Waals surface area contributed by atoms with E-state index < -0.39 is 5.97 Å². The van der Waals surface area contributed by atoms with Gasteiger partial charge in [0.1, 0.15) is 5.69 Å². The second-order valence-electron chi connectivity index (χ2n) is 3.61. The number of aryl methyl sites for hydroxylation is 1. The monoisotopic (exact) mass is 196 g/mol. The number of carbonyl (C=O) groups is 1. The summed E-state index contributed by atoms with van der Waals surface area (Å²) in [4.78, 5) is 10.9. The second kappa shape index (κ2) is 4.26. The third-order valence-corrected chi connectivity index (χ3v) is 2.00. The van der Waals surface area contributed by atoms with Crippen LogP contribution in [0.4, 0.5) is 0 Å². The van der Waals surface area contributed by atoms with Gasteiger partial charge in [0.05, 0.1) is 5.69 Å². The molecule has 0 fully saturated rings. The molecule has 14 heavy (non-hydrogen) atoms. The van der Waals surface area contributed by atoms with Gasteiger partial charge in [0.25, 0.3) is 0 Å². The first kappa shape index (κ1) is 10.8. The molecule has 0 saturated carbocycles. The molecule has 1 heterocycles. The van der Waals surface area contributed by atoms with Crippen molar-refractivity contribution >= 4 is 5.97 Å². The van der Waals surface area contributed by atoms with E-state index in [2.05, 4.69) is 12.0 Å². The van der Waals surface area contributed by atoms with Crippen LogP contribution in [-0.4, -0.2) is 20.9 Å². The highest BCUT2D eigenvalue weighted by molar-refractivity contribution is 5.85. The molecule has 1 N–H and O–H groups in total. The number of aromatic carboxylic acids is 1. The van der Waals surface area contributed by atoms with E-state index in [1.165, 1.54) is 0 Å². The molecule has 1 aromatic rings. The fourth-order valence-corrected chi connectivity index (χ4v) is 1.38. The van der Waals surface area contributed by atoms with E-state index in [1.54, 1.807) is 10.7 Å². The third kappa shape index (κ3) is 2.13. The largest absolute Gasteiger partial charge is 0.477 e. The van der Waals surface area contributed by atoms with Crippen LogP contribution < -0.4 is 0 Å². The molecule has 78 valence electrons. The van der Waals surface area contributed by atoms with Crippen LogP contribution in [0.2, 0.25) is 0 Å². The minimum absolute atomic E-state index is 0.0895. The van der Waals surface area contributed by atoms with E-state index in [-0.39, 0.29) is 11.7 Å². The lowest BCUT2D eigenvalue weighted by atomic mass is 10.2. The Kier molecular flexibility index (Phi) is 3.28. The van der Waals surface area contributed by atoms with Gasteiger partial charge in [0.2, 0.25) is 0 Å². The number of carboxylic acid groups (broad SMARTS) is 1. The van der Waals surface area contributed by atoms with E-state index in [9.17, 15) is 4.79 Å². The van der Waals surface area contributed by atoms with Crippen LogP contribution in [0.5, 0.6) is 0 Å². The average Bonchev–Trinajstić information content (AvgIpc) is 2.49. The van der Waals surface area contributed by atoms with E-state index in [1.807, 2.05) is 13.8 Å². The highest BCUT2D eigenvalue weighted by Crippen LogP contribution is 2.12. The van der Waals surface area contributed by atoms with Gasteiger partial charge in [-0.15, -0.1) is 0 Å². The molecule has 0 aliphatic rings. The zero-order valence-corrected chi connectivity index (χ0v) is 8.82. The van der Waals surface area contributed by atoms with Gasteiger partial charge in [-0.1, -0.05) is 13.3 Å². The van der Waals surface area contributed by atoms with Crippen molar-refractivity contribution in [2.75, 3.05) is 0 Å². The van der Waals surface area contributed by atoms with Crippen molar-refractivity contribution in [1.29, 1.82) is 0 Å². The SMILES string of the molecule is CCCc1cc(C(=O)O)n(C(C)C)n1. The van der Waals surface area contributed by atoms with Crippen molar-refractivity contribution < 1.29 is 9.90 Å². The Morgan fingerprint density at radius 3 is 2.64 bits per heavy atom. The number of carboxylic acids is 1. The molecule has 1 rings (SSSR count). The summed E-state index contributed by atoms with van der Waals surface area (Å²) in [6, 6.07) is 1.75. The second-order valence-corrected chi connectivity index (χ2v) is 3.61. The third-order valence-electron chi connectivity index (χ3n) is 2.00. The van der Waals surface area contributed by atoms with E-state index >= 15 is 0 Å². The lowest BCUT2D eigenvalue weighted by Crippen LogP contribution is -2.11. The van der Waals surface area contributed by atoms with Crippen LogP contribution in [0.15, 0.2) is 6.07 Å². The van der Waals surface area contributed by atoms with Crippen LogP contribution >= 0.6 is 0 Å². The Labute approximate surface area is 83.5 Å². The zero-order chi connectivity index (χ0) is 10.7. The highest BCUT2D eigenvalue weighted by Gasteiger charge is 2.15. The van der Waals surface area contributed by atoms with E-state index in [4.69, 9.17) is 5.11 Å². The van der Waals surface area contributed by atoms with Crippen molar-refractivity contribution in [2.45, 2.75) is 39.7 Å². The molecule has 0 aromatic carbocycles. The predicted octanol–water partition coefficient (Wildman–Crippen LogP) is 2.11. The van der Waals surface area contributed by atoms with Gasteiger partial charge in [0.15, 0.2) is 0 Å². The van der Waals surface area contributed by atoms with E-state index in [0.717, 1.165) is 18.5 Å². The maximum atomic E-state index is 10.9. The number of rotatable bonds is 4. The zero-order valence-electron chi connectivity index (χ0n) is 8.82. The van der Waals surface area contributed by atoms with Gasteiger partial charge in [-0.2, -0.15) is 5.10 Å². The Balaban J connectivity index is 3.06. The summed E-state index contributed by atoms with van der Waals surface area (Å²) in [5, 5.41) is 13.2. The van der Waals surface area contributed by atoms with E-state index in [0.29, 0.717) is 0 Å². The molecule has 0 spiro atoms. The molecule has 0 aliphatic heterocycles. The highest BCUT2D eigenvalue weighted by atomic mass is 16.4. The molecule has 4 nitrogen and oxygen atoms in total. The number of aromatic nitrogens is 2. The Morgan fingerprint density at radius 2 is 2.29 bits per heavy atom. The fourth-order valence-electron chi connectivity index (χ4n) is 1.38. The molecular formula is C10H16N2O2. The van der Waals surface area contributed by atoms with Crippen LogP contribution in [0, 0.1) is 0 Å². The van der Waals surface area contributed by atoms with Gasteiger partial charge in [-0.3, -0.25) is 4.68 Å². The molecule has 1 aromatic heterocycles. The summed E-state index contributed by atoms with van der Waals surface area (Å²) < 4.78 is 1.56. The average molecular weight is 196 g/mol. The summed E-state index contributed by atoms with van der Waals surface area (Å²) in [5.74, 6) is -0.909.